The number of nitrogens with one attached hydrogen (secondary N) is 1. The third kappa shape index (κ3) is 7.43. The Hall–Kier alpha value is -4.16. The van der Waals surface area contributed by atoms with E-state index >= 15 is 0 Å². The fraction of sp³-hybridized carbons (Fsp3) is 0.379. The van der Waals surface area contributed by atoms with E-state index in [0.29, 0.717) is 42.2 Å². The molecular weight excluding hydrogens is 488 g/mol. The van der Waals surface area contributed by atoms with Gasteiger partial charge < -0.3 is 33.6 Å². The van der Waals surface area contributed by atoms with E-state index in [4.69, 9.17) is 30.1 Å². The molecule has 202 valence electrons. The number of rotatable bonds is 11. The van der Waals surface area contributed by atoms with Crippen molar-refractivity contribution in [1.29, 1.82) is 0 Å². The standard InChI is InChI=1S/C29H34N2O7/c1-7-20-18-31(21-10-12-24(27(32)35-8-2)26(16-21)37-19-34-6)25-17-22(11-13-23(20)25)36-15-9-14-30-28(33)38-29(3,4)5/h1,10-13,16-18H,8-9,14-15,19H2,2-6H3,(H,30,33). The largest absolute Gasteiger partial charge is 0.493 e. The zero-order valence-electron chi connectivity index (χ0n) is 22.5. The van der Waals surface area contributed by atoms with Gasteiger partial charge in [-0.05, 0) is 58.4 Å². The Bertz CT molecular complexity index is 1310. The van der Waals surface area contributed by atoms with Crippen molar-refractivity contribution >= 4 is 23.0 Å². The van der Waals surface area contributed by atoms with Crippen LogP contribution in [0, 0.1) is 12.3 Å². The molecular formula is C29H34N2O7. The van der Waals surface area contributed by atoms with Crippen LogP contribution in [-0.2, 0) is 14.2 Å². The van der Waals surface area contributed by atoms with E-state index in [1.54, 1.807) is 25.1 Å². The highest BCUT2D eigenvalue weighted by atomic mass is 16.7. The first kappa shape index (κ1) is 28.4. The molecule has 9 heteroatoms. The zero-order chi connectivity index (χ0) is 27.7. The SMILES string of the molecule is C#Cc1cn(-c2ccc(C(=O)OCC)c(OCOC)c2)c2cc(OCCCNC(=O)OC(C)(C)C)ccc12. The van der Waals surface area contributed by atoms with E-state index < -0.39 is 17.7 Å². The molecule has 0 radical (unpaired) electrons. The minimum Gasteiger partial charge on any atom is -0.493 e. The molecule has 1 amide bonds. The number of nitrogens with zero attached hydrogens (tertiary/aromatic N) is 1. The Morgan fingerprint density at radius 1 is 1.11 bits per heavy atom. The van der Waals surface area contributed by atoms with Gasteiger partial charge in [0, 0.05) is 43.1 Å². The zero-order valence-corrected chi connectivity index (χ0v) is 22.5. The highest BCUT2D eigenvalue weighted by Crippen LogP contribution is 2.31. The number of carbonyl (C=O) groups is 2. The summed E-state index contributed by atoms with van der Waals surface area (Å²) in [6.07, 6.45) is 7.76. The fourth-order valence-electron chi connectivity index (χ4n) is 3.67. The number of amides is 1. The Morgan fingerprint density at radius 3 is 2.58 bits per heavy atom. The number of carbonyl (C=O) groups excluding carboxylic acids is 2. The van der Waals surface area contributed by atoms with Crippen LogP contribution in [0.1, 0.15) is 50.0 Å². The summed E-state index contributed by atoms with van der Waals surface area (Å²) < 4.78 is 28.9. The number of benzene rings is 2. The molecule has 0 bridgehead atoms. The van der Waals surface area contributed by atoms with Gasteiger partial charge in [-0.15, -0.1) is 6.42 Å². The minimum absolute atomic E-state index is 0.0291. The molecule has 0 unspecified atom stereocenters. The molecule has 0 saturated carbocycles. The van der Waals surface area contributed by atoms with E-state index in [-0.39, 0.29) is 13.4 Å². The van der Waals surface area contributed by atoms with Crippen LogP contribution in [0.3, 0.4) is 0 Å². The topological polar surface area (TPSA) is 97.3 Å². The lowest BCUT2D eigenvalue weighted by Gasteiger charge is -2.19. The van der Waals surface area contributed by atoms with Gasteiger partial charge in [-0.3, -0.25) is 0 Å². The van der Waals surface area contributed by atoms with Crippen LogP contribution in [0.5, 0.6) is 11.5 Å². The molecule has 2 aromatic carbocycles. The molecule has 0 aliphatic carbocycles. The molecule has 38 heavy (non-hydrogen) atoms. The predicted molar refractivity (Wildman–Crippen MR) is 144 cm³/mol. The van der Waals surface area contributed by atoms with Gasteiger partial charge in [0.2, 0.25) is 0 Å². The minimum atomic E-state index is -0.544. The Morgan fingerprint density at radius 2 is 1.89 bits per heavy atom. The van der Waals surface area contributed by atoms with Crippen LogP contribution >= 0.6 is 0 Å². The second kappa shape index (κ2) is 12.9. The summed E-state index contributed by atoms with van der Waals surface area (Å²) in [5, 5.41) is 3.59. The first-order valence-electron chi connectivity index (χ1n) is 12.3. The number of alkyl carbamates (subject to hydrolysis) is 1. The first-order valence-corrected chi connectivity index (χ1v) is 12.3. The van der Waals surface area contributed by atoms with Crippen molar-refractivity contribution in [1.82, 2.24) is 9.88 Å². The molecule has 1 heterocycles. The third-order valence-corrected chi connectivity index (χ3v) is 5.26. The summed E-state index contributed by atoms with van der Waals surface area (Å²) in [6, 6.07) is 10.8. The Labute approximate surface area is 223 Å². The van der Waals surface area contributed by atoms with Gasteiger partial charge in [-0.2, -0.15) is 0 Å². The van der Waals surface area contributed by atoms with E-state index in [0.717, 1.165) is 16.6 Å². The van der Waals surface area contributed by atoms with Crippen molar-refractivity contribution in [2.75, 3.05) is 33.7 Å². The summed E-state index contributed by atoms with van der Waals surface area (Å²) in [5.74, 6) is 3.22. The Kier molecular flexibility index (Phi) is 9.63. The molecule has 0 aliphatic heterocycles. The maximum absolute atomic E-state index is 12.4. The van der Waals surface area contributed by atoms with Crippen molar-refractivity contribution in [3.05, 3.63) is 53.7 Å². The monoisotopic (exact) mass is 522 g/mol. The fourth-order valence-corrected chi connectivity index (χ4v) is 3.67. The van der Waals surface area contributed by atoms with Gasteiger partial charge in [0.1, 0.15) is 22.7 Å². The number of methoxy groups -OCH3 is 1. The molecule has 0 fully saturated rings. The molecule has 3 aromatic rings. The summed E-state index contributed by atoms with van der Waals surface area (Å²) in [6.45, 7) is 8.22. The second-order valence-corrected chi connectivity index (χ2v) is 9.32. The quantitative estimate of drug-likeness (QED) is 0.163. The molecule has 3 rings (SSSR count). The highest BCUT2D eigenvalue weighted by molar-refractivity contribution is 5.93. The number of fused-ring (bicyclic) bond motifs is 1. The van der Waals surface area contributed by atoms with Crippen LogP contribution in [0.4, 0.5) is 4.79 Å². The second-order valence-electron chi connectivity index (χ2n) is 9.32. The average molecular weight is 523 g/mol. The smallest absolute Gasteiger partial charge is 0.407 e. The van der Waals surface area contributed by atoms with Crippen molar-refractivity contribution < 1.29 is 33.3 Å². The van der Waals surface area contributed by atoms with Crippen molar-refractivity contribution in [2.24, 2.45) is 0 Å². The summed E-state index contributed by atoms with van der Waals surface area (Å²) >= 11 is 0. The molecule has 9 nitrogen and oxygen atoms in total. The maximum atomic E-state index is 12.4. The summed E-state index contributed by atoms with van der Waals surface area (Å²) in [5.41, 5.74) is 2.02. The molecule has 1 N–H and O–H groups in total. The van der Waals surface area contributed by atoms with Gasteiger partial charge in [-0.1, -0.05) is 5.92 Å². The maximum Gasteiger partial charge on any atom is 0.407 e. The summed E-state index contributed by atoms with van der Waals surface area (Å²) in [4.78, 5) is 24.2. The van der Waals surface area contributed by atoms with Gasteiger partial charge in [0.15, 0.2) is 6.79 Å². The van der Waals surface area contributed by atoms with Gasteiger partial charge in [0.25, 0.3) is 0 Å². The number of terminal acetylenes is 1. The van der Waals surface area contributed by atoms with Crippen molar-refractivity contribution in [3.8, 4) is 29.5 Å². The van der Waals surface area contributed by atoms with Gasteiger partial charge >= 0.3 is 12.1 Å². The highest BCUT2D eigenvalue weighted by Gasteiger charge is 2.18. The molecule has 0 atom stereocenters. The van der Waals surface area contributed by atoms with Gasteiger partial charge in [0.05, 0.1) is 24.3 Å². The number of esters is 1. The third-order valence-electron chi connectivity index (χ3n) is 5.26. The Balaban J connectivity index is 1.81. The van der Waals surface area contributed by atoms with Crippen LogP contribution in [-0.4, -0.2) is 55.9 Å². The first-order chi connectivity index (χ1) is 18.2. The number of aromatic nitrogens is 1. The van der Waals surface area contributed by atoms with E-state index in [1.165, 1.54) is 7.11 Å². The number of hydrogen-bond acceptors (Lipinski definition) is 7. The molecule has 1 aromatic heterocycles. The molecule has 0 saturated heterocycles. The lowest BCUT2D eigenvalue weighted by atomic mass is 10.1. The van der Waals surface area contributed by atoms with E-state index in [1.807, 2.05) is 49.7 Å². The van der Waals surface area contributed by atoms with Crippen LogP contribution in [0.25, 0.3) is 16.6 Å². The number of hydrogen-bond donors (Lipinski definition) is 1. The van der Waals surface area contributed by atoms with Crippen LogP contribution in [0.2, 0.25) is 0 Å². The van der Waals surface area contributed by atoms with Crippen LogP contribution < -0.4 is 14.8 Å². The normalized spacial score (nSPS) is 11.1. The van der Waals surface area contributed by atoms with E-state index in [2.05, 4.69) is 11.2 Å². The average Bonchev–Trinajstić information content (AvgIpc) is 3.24. The lowest BCUT2D eigenvalue weighted by Crippen LogP contribution is -2.33. The molecule has 0 aliphatic rings. The van der Waals surface area contributed by atoms with Crippen molar-refractivity contribution in [2.45, 2.75) is 39.7 Å². The van der Waals surface area contributed by atoms with Crippen LogP contribution in [0.15, 0.2) is 42.6 Å². The van der Waals surface area contributed by atoms with Gasteiger partial charge in [-0.25, -0.2) is 9.59 Å². The number of ether oxygens (including phenoxy) is 5. The summed E-state index contributed by atoms with van der Waals surface area (Å²) in [7, 11) is 1.50. The predicted octanol–water partition coefficient (Wildman–Crippen LogP) is 5.06. The van der Waals surface area contributed by atoms with E-state index in [9.17, 15) is 9.59 Å². The molecule has 0 spiro atoms. The lowest BCUT2D eigenvalue weighted by molar-refractivity contribution is 0.0437. The van der Waals surface area contributed by atoms with Crippen molar-refractivity contribution in [3.63, 3.8) is 0 Å².